The molecule has 0 aromatic heterocycles. The fourth-order valence-electron chi connectivity index (χ4n) is 0.604. The smallest absolute Gasteiger partial charge is 0.696 e. The Morgan fingerprint density at radius 1 is 1.10 bits per heavy atom. The van der Waals surface area contributed by atoms with E-state index in [-0.39, 0.29) is 29.6 Å². The van der Waals surface area contributed by atoms with Crippen LogP contribution in [0.1, 0.15) is 0 Å². The predicted molar refractivity (Wildman–Crippen MR) is 38.7 cm³/mol. The summed E-state index contributed by atoms with van der Waals surface area (Å²) in [6.07, 6.45) is 0. The number of nitrogens with one attached hydrogen (secondary N) is 2. The van der Waals surface area contributed by atoms with Gasteiger partial charge in [0.25, 0.3) is 0 Å². The van der Waals surface area contributed by atoms with Crippen molar-refractivity contribution in [2.75, 3.05) is 26.2 Å². The van der Waals surface area contributed by atoms with Gasteiger partial charge in [-0.1, -0.05) is 5.40 Å². The summed E-state index contributed by atoms with van der Waals surface area (Å²) < 4.78 is 0. The Hall–Kier alpha value is 0.630. The number of thiocyanates is 1. The van der Waals surface area contributed by atoms with Crippen molar-refractivity contribution in [2.45, 2.75) is 0 Å². The van der Waals surface area contributed by atoms with Crippen LogP contribution in [0.5, 0.6) is 0 Å². The van der Waals surface area contributed by atoms with E-state index in [1.54, 1.807) is 0 Å². The molecule has 0 spiro atoms. The second-order valence-electron chi connectivity index (χ2n) is 1.59. The molecule has 5 heteroatoms. The van der Waals surface area contributed by atoms with Crippen LogP contribution < -0.4 is 40.2 Å². The summed E-state index contributed by atoms with van der Waals surface area (Å²) in [6, 6.07) is 0. The SMILES string of the molecule is C1CNCCN1.N#C[S-].[Na+]. The van der Waals surface area contributed by atoms with Gasteiger partial charge in [-0.15, -0.1) is 0 Å². The third kappa shape index (κ3) is 11.4. The molecule has 1 rings (SSSR count). The van der Waals surface area contributed by atoms with Crippen molar-refractivity contribution in [1.82, 2.24) is 10.6 Å². The Morgan fingerprint density at radius 2 is 1.30 bits per heavy atom. The average molecular weight is 167 g/mol. The summed E-state index contributed by atoms with van der Waals surface area (Å²) in [5.74, 6) is 0. The van der Waals surface area contributed by atoms with Crippen LogP contribution in [0.25, 0.3) is 0 Å². The summed E-state index contributed by atoms with van der Waals surface area (Å²) in [5.41, 5.74) is 0. The second kappa shape index (κ2) is 12.3. The van der Waals surface area contributed by atoms with Crippen LogP contribution in [0.3, 0.4) is 0 Å². The van der Waals surface area contributed by atoms with Gasteiger partial charge in [0.05, 0.1) is 0 Å². The molecule has 10 heavy (non-hydrogen) atoms. The van der Waals surface area contributed by atoms with E-state index in [4.69, 9.17) is 5.26 Å². The van der Waals surface area contributed by atoms with Crippen molar-refractivity contribution >= 4 is 12.6 Å². The first-order valence-electron chi connectivity index (χ1n) is 2.84. The fraction of sp³-hybridized carbons (Fsp3) is 0.800. The van der Waals surface area contributed by atoms with Gasteiger partial charge in [-0.05, 0) is 0 Å². The molecule has 0 amide bonds. The molecule has 1 aliphatic heterocycles. The van der Waals surface area contributed by atoms with E-state index in [0.29, 0.717) is 0 Å². The van der Waals surface area contributed by atoms with E-state index in [0.717, 1.165) is 26.2 Å². The van der Waals surface area contributed by atoms with Crippen LogP contribution in [0.2, 0.25) is 0 Å². The minimum Gasteiger partial charge on any atom is -0.696 e. The zero-order valence-electron chi connectivity index (χ0n) is 6.18. The Bertz CT molecular complexity index is 77.9. The molecule has 2 N–H and O–H groups in total. The number of rotatable bonds is 0. The van der Waals surface area contributed by atoms with Crippen LogP contribution in [-0.2, 0) is 12.6 Å². The molecule has 1 fully saturated rings. The molecule has 1 aliphatic rings. The van der Waals surface area contributed by atoms with E-state index in [1.807, 2.05) is 0 Å². The first kappa shape index (κ1) is 13.2. The topological polar surface area (TPSA) is 47.8 Å². The van der Waals surface area contributed by atoms with Crippen LogP contribution in [-0.4, -0.2) is 26.2 Å². The molecular formula is C5H10N3NaS. The average Bonchev–Trinajstić information content (AvgIpc) is 1.93. The zero-order valence-corrected chi connectivity index (χ0v) is 9.00. The molecule has 0 aliphatic carbocycles. The number of nitriles is 1. The van der Waals surface area contributed by atoms with Gasteiger partial charge in [-0.3, -0.25) is 0 Å². The molecule has 1 saturated heterocycles. The van der Waals surface area contributed by atoms with Gasteiger partial charge in [-0.25, -0.2) is 5.26 Å². The van der Waals surface area contributed by atoms with Gasteiger partial charge in [0.1, 0.15) is 0 Å². The summed E-state index contributed by atoms with van der Waals surface area (Å²) in [4.78, 5) is 0. The largest absolute Gasteiger partial charge is 1.00 e. The van der Waals surface area contributed by atoms with E-state index < -0.39 is 0 Å². The standard InChI is InChI=1S/C4H10N2.CHNS.Na/c1-2-6-4-3-5-1;2-1-3;/h5-6H,1-4H2;3H;/q;;+1/p-1. The van der Waals surface area contributed by atoms with Crippen LogP contribution in [0.15, 0.2) is 0 Å². The van der Waals surface area contributed by atoms with Crippen molar-refractivity contribution < 1.29 is 29.6 Å². The maximum Gasteiger partial charge on any atom is 1.00 e. The molecule has 3 nitrogen and oxygen atoms in total. The van der Waals surface area contributed by atoms with Gasteiger partial charge < -0.3 is 23.3 Å². The number of nitrogens with zero attached hydrogens (tertiary/aromatic N) is 1. The number of piperazine rings is 1. The van der Waals surface area contributed by atoms with Gasteiger partial charge >= 0.3 is 29.6 Å². The minimum atomic E-state index is 0. The van der Waals surface area contributed by atoms with Gasteiger partial charge in [0.2, 0.25) is 0 Å². The molecule has 0 saturated carbocycles. The molecule has 0 aromatic rings. The quantitative estimate of drug-likeness (QED) is 0.221. The maximum absolute atomic E-state index is 7.13. The third-order valence-corrected chi connectivity index (χ3v) is 0.957. The molecule has 1 heterocycles. The monoisotopic (exact) mass is 167 g/mol. The van der Waals surface area contributed by atoms with E-state index in [1.165, 1.54) is 5.40 Å². The Labute approximate surface area is 89.3 Å². The summed E-state index contributed by atoms with van der Waals surface area (Å²) in [6.45, 7) is 4.56. The Balaban J connectivity index is 0. The number of hydrogen-bond donors (Lipinski definition) is 2. The zero-order chi connectivity index (χ0) is 6.95. The maximum atomic E-state index is 7.13. The van der Waals surface area contributed by atoms with Crippen molar-refractivity contribution in [1.29, 1.82) is 5.26 Å². The predicted octanol–water partition coefficient (Wildman–Crippen LogP) is -3.80. The first-order valence-corrected chi connectivity index (χ1v) is 3.25. The molecule has 0 unspecified atom stereocenters. The Morgan fingerprint density at radius 3 is 1.40 bits per heavy atom. The van der Waals surface area contributed by atoms with Crippen LogP contribution in [0, 0.1) is 10.7 Å². The first-order chi connectivity index (χ1) is 4.41. The summed E-state index contributed by atoms with van der Waals surface area (Å²) >= 11 is 3.70. The van der Waals surface area contributed by atoms with Crippen molar-refractivity contribution in [3.05, 3.63) is 0 Å². The molecule has 0 radical (unpaired) electrons. The van der Waals surface area contributed by atoms with E-state index >= 15 is 0 Å². The fourth-order valence-corrected chi connectivity index (χ4v) is 0.604. The van der Waals surface area contributed by atoms with Crippen LogP contribution >= 0.6 is 0 Å². The molecule has 0 atom stereocenters. The molecule has 0 bridgehead atoms. The minimum absolute atomic E-state index is 0. The normalized spacial score (nSPS) is 15.1. The molecule has 52 valence electrons. The van der Waals surface area contributed by atoms with Gasteiger partial charge in [0, 0.05) is 26.2 Å². The van der Waals surface area contributed by atoms with Crippen molar-refractivity contribution in [2.24, 2.45) is 0 Å². The van der Waals surface area contributed by atoms with Crippen LogP contribution in [0.4, 0.5) is 0 Å². The molecule has 0 aromatic carbocycles. The van der Waals surface area contributed by atoms with Gasteiger partial charge in [-0.2, -0.15) is 0 Å². The summed E-state index contributed by atoms with van der Waals surface area (Å²) in [5, 5.41) is 14.9. The molecular weight excluding hydrogens is 157 g/mol. The van der Waals surface area contributed by atoms with E-state index in [9.17, 15) is 0 Å². The summed E-state index contributed by atoms with van der Waals surface area (Å²) in [7, 11) is 0. The number of hydrogen-bond acceptors (Lipinski definition) is 4. The third-order valence-electron chi connectivity index (χ3n) is 0.957. The van der Waals surface area contributed by atoms with Gasteiger partial charge in [0.15, 0.2) is 0 Å². The van der Waals surface area contributed by atoms with E-state index in [2.05, 4.69) is 23.3 Å². The Kier molecular flexibility index (Phi) is 16.3. The second-order valence-corrected chi connectivity index (χ2v) is 1.77. The van der Waals surface area contributed by atoms with Crippen molar-refractivity contribution in [3.63, 3.8) is 0 Å². The van der Waals surface area contributed by atoms with Crippen molar-refractivity contribution in [3.8, 4) is 5.40 Å².